The van der Waals surface area contributed by atoms with E-state index in [4.69, 9.17) is 16.3 Å². The number of halogens is 1. The monoisotopic (exact) mass is 420 g/mol. The maximum Gasteiger partial charge on any atom is 0.245 e. The highest BCUT2D eigenvalue weighted by Gasteiger charge is 2.41. The molecule has 2 fully saturated rings. The van der Waals surface area contributed by atoms with Gasteiger partial charge in [0.25, 0.3) is 0 Å². The van der Waals surface area contributed by atoms with Crippen LogP contribution in [0, 0.1) is 11.8 Å². The highest BCUT2D eigenvalue weighted by Crippen LogP contribution is 2.37. The number of nitrogens with one attached hydrogen (secondary N) is 1. The molecule has 158 valence electrons. The first-order chi connectivity index (χ1) is 13.7. The summed E-state index contributed by atoms with van der Waals surface area (Å²) in [4.78, 5) is 27.3. The summed E-state index contributed by atoms with van der Waals surface area (Å²) in [7, 11) is 0. The third kappa shape index (κ3) is 4.65. The van der Waals surface area contributed by atoms with E-state index in [-0.39, 0.29) is 30.2 Å². The van der Waals surface area contributed by atoms with Gasteiger partial charge in [-0.25, -0.2) is 0 Å². The Morgan fingerprint density at radius 3 is 2.59 bits per heavy atom. The summed E-state index contributed by atoms with van der Waals surface area (Å²) in [6, 6.07) is 6.42. The Hall–Kier alpha value is -1.89. The number of carbonyl (C=O) groups excluding carboxylic acids is 2. The lowest BCUT2D eigenvalue weighted by atomic mass is 9.81. The summed E-state index contributed by atoms with van der Waals surface area (Å²) in [5.74, 6) is -0.538. The Bertz CT molecular complexity index is 774. The Balaban J connectivity index is 1.68. The van der Waals surface area contributed by atoms with Gasteiger partial charge in [0, 0.05) is 31.1 Å². The summed E-state index contributed by atoms with van der Waals surface area (Å²) in [6.45, 7) is 9.47. The highest BCUT2D eigenvalue weighted by molar-refractivity contribution is 6.30. The first kappa shape index (κ1) is 21.8. The summed E-state index contributed by atoms with van der Waals surface area (Å²) in [5.41, 5.74) is 0.0745. The van der Waals surface area contributed by atoms with Crippen molar-refractivity contribution in [3.63, 3.8) is 0 Å². The summed E-state index contributed by atoms with van der Waals surface area (Å²) < 4.78 is 5.28. The minimum Gasteiger partial charge on any atom is -0.381 e. The summed E-state index contributed by atoms with van der Waals surface area (Å²) >= 11 is 5.95. The van der Waals surface area contributed by atoms with Crippen LogP contribution in [0.4, 0.5) is 0 Å². The quantitative estimate of drug-likeness (QED) is 0.717. The topological polar surface area (TPSA) is 78.9 Å². The number of hydrogen-bond acceptors (Lipinski definition) is 4. The number of carbonyl (C=O) groups is 2. The molecule has 2 aliphatic heterocycles. The van der Waals surface area contributed by atoms with Gasteiger partial charge in [-0.15, -0.1) is 0 Å². The average Bonchev–Trinajstić information content (AvgIpc) is 3.23. The highest BCUT2D eigenvalue weighted by atomic mass is 35.5. The predicted molar refractivity (Wildman–Crippen MR) is 111 cm³/mol. The van der Waals surface area contributed by atoms with E-state index in [1.807, 2.05) is 13.8 Å². The van der Waals surface area contributed by atoms with E-state index in [1.165, 1.54) is 0 Å². The molecule has 3 atom stereocenters. The van der Waals surface area contributed by atoms with Crippen LogP contribution in [0.25, 0.3) is 0 Å². The van der Waals surface area contributed by atoms with Crippen LogP contribution in [0.5, 0.6) is 0 Å². The Labute approximate surface area is 176 Å². The maximum absolute atomic E-state index is 13.2. The lowest BCUT2D eigenvalue weighted by Crippen LogP contribution is -2.56. The fraction of sp³-hybridized carbons (Fsp3) is 0.545. The van der Waals surface area contributed by atoms with Crippen molar-refractivity contribution in [2.24, 2.45) is 11.8 Å². The van der Waals surface area contributed by atoms with Gasteiger partial charge in [0.1, 0.15) is 11.6 Å². The van der Waals surface area contributed by atoms with Crippen molar-refractivity contribution in [2.45, 2.75) is 38.3 Å². The van der Waals surface area contributed by atoms with Crippen LogP contribution in [0.3, 0.4) is 0 Å². The zero-order chi connectivity index (χ0) is 21.2. The van der Waals surface area contributed by atoms with E-state index in [2.05, 4.69) is 11.9 Å². The van der Waals surface area contributed by atoms with Crippen LogP contribution >= 0.6 is 11.6 Å². The average molecular weight is 421 g/mol. The number of piperidine rings is 1. The molecule has 0 saturated carbocycles. The molecule has 1 aromatic carbocycles. The molecular formula is C22H29ClN2O4. The second-order valence-electron chi connectivity index (χ2n) is 8.27. The van der Waals surface area contributed by atoms with Crippen molar-refractivity contribution in [3.05, 3.63) is 47.0 Å². The van der Waals surface area contributed by atoms with Gasteiger partial charge in [-0.05, 0) is 35.6 Å². The number of hydrogen-bond donors (Lipinski definition) is 2. The van der Waals surface area contributed by atoms with Crippen molar-refractivity contribution >= 4 is 23.4 Å². The number of ether oxygens (including phenoxy) is 1. The lowest BCUT2D eigenvalue weighted by Gasteiger charge is -2.42. The fourth-order valence-corrected chi connectivity index (χ4v) is 4.02. The second kappa shape index (κ2) is 8.86. The zero-order valence-corrected chi connectivity index (χ0v) is 17.7. The van der Waals surface area contributed by atoms with Gasteiger partial charge >= 0.3 is 0 Å². The van der Waals surface area contributed by atoms with Crippen LogP contribution < -0.4 is 5.32 Å². The number of rotatable bonds is 5. The van der Waals surface area contributed by atoms with Crippen LogP contribution in [0.2, 0.25) is 5.02 Å². The number of benzene rings is 1. The summed E-state index contributed by atoms with van der Waals surface area (Å²) in [6.07, 6.45) is 1.02. The largest absolute Gasteiger partial charge is 0.381 e. The maximum atomic E-state index is 13.2. The lowest BCUT2D eigenvalue weighted by molar-refractivity contribution is -0.140. The zero-order valence-electron chi connectivity index (χ0n) is 17.0. The molecule has 0 aliphatic carbocycles. The van der Waals surface area contributed by atoms with E-state index in [1.54, 1.807) is 29.2 Å². The molecule has 0 bridgehead atoms. The van der Waals surface area contributed by atoms with Crippen molar-refractivity contribution in [3.8, 4) is 0 Å². The van der Waals surface area contributed by atoms with E-state index in [0.29, 0.717) is 48.8 Å². The van der Waals surface area contributed by atoms with Crippen molar-refractivity contribution in [1.29, 1.82) is 0 Å². The van der Waals surface area contributed by atoms with Crippen LogP contribution in [-0.2, 0) is 19.9 Å². The van der Waals surface area contributed by atoms with Gasteiger partial charge in [-0.2, -0.15) is 0 Å². The molecule has 2 heterocycles. The Morgan fingerprint density at radius 2 is 2.03 bits per heavy atom. The molecule has 7 heteroatoms. The molecule has 0 spiro atoms. The molecule has 0 radical (unpaired) electrons. The molecule has 3 rings (SSSR count). The van der Waals surface area contributed by atoms with Crippen LogP contribution in [0.1, 0.15) is 32.3 Å². The van der Waals surface area contributed by atoms with Crippen molar-refractivity contribution < 1.29 is 19.4 Å². The SMILES string of the molecule is C=C1CN(C(=O)[C@H](NC(=O)C2CCOC2)C(C)C)CC[C@]1(O)c1ccc(Cl)cc1. The van der Waals surface area contributed by atoms with E-state index in [0.717, 1.165) is 0 Å². The molecule has 6 nitrogen and oxygen atoms in total. The molecule has 0 aromatic heterocycles. The van der Waals surface area contributed by atoms with Gasteiger partial charge in [0.2, 0.25) is 11.8 Å². The number of likely N-dealkylation sites (tertiary alicyclic amines) is 1. The molecule has 2 saturated heterocycles. The van der Waals surface area contributed by atoms with Gasteiger partial charge < -0.3 is 20.1 Å². The van der Waals surface area contributed by atoms with Gasteiger partial charge in [0.15, 0.2) is 0 Å². The smallest absolute Gasteiger partial charge is 0.245 e. The third-order valence-electron chi connectivity index (χ3n) is 5.87. The van der Waals surface area contributed by atoms with Gasteiger partial charge in [-0.3, -0.25) is 9.59 Å². The van der Waals surface area contributed by atoms with E-state index >= 15 is 0 Å². The first-order valence-corrected chi connectivity index (χ1v) is 10.4. The van der Waals surface area contributed by atoms with E-state index in [9.17, 15) is 14.7 Å². The molecule has 2 aliphatic rings. The molecule has 1 aromatic rings. The number of amides is 2. The number of aliphatic hydroxyl groups is 1. The van der Waals surface area contributed by atoms with Crippen molar-refractivity contribution in [2.75, 3.05) is 26.3 Å². The predicted octanol–water partition coefficient (Wildman–Crippen LogP) is 2.49. The number of nitrogens with zero attached hydrogens (tertiary/aromatic N) is 1. The molecule has 1 unspecified atom stereocenters. The summed E-state index contributed by atoms with van der Waals surface area (Å²) in [5, 5.41) is 14.7. The molecule has 2 amide bonds. The fourth-order valence-electron chi connectivity index (χ4n) is 3.90. The molecular weight excluding hydrogens is 392 g/mol. The second-order valence-corrected chi connectivity index (χ2v) is 8.71. The molecule has 29 heavy (non-hydrogen) atoms. The Kier molecular flexibility index (Phi) is 6.66. The normalized spacial score (nSPS) is 25.9. The first-order valence-electron chi connectivity index (χ1n) is 10.1. The standard InChI is InChI=1S/C22H29ClN2O4/c1-14(2)19(24-20(26)16-8-11-29-13-16)21(27)25-10-9-22(28,15(3)12-25)17-4-6-18(23)7-5-17/h4-7,14,16,19,28H,3,8-13H2,1-2H3,(H,24,26)/t16?,19-,22-/m1/s1. The van der Waals surface area contributed by atoms with Crippen LogP contribution in [0.15, 0.2) is 36.4 Å². The van der Waals surface area contributed by atoms with Gasteiger partial charge in [-0.1, -0.05) is 44.2 Å². The Morgan fingerprint density at radius 1 is 1.34 bits per heavy atom. The third-order valence-corrected chi connectivity index (χ3v) is 6.13. The van der Waals surface area contributed by atoms with Crippen molar-refractivity contribution in [1.82, 2.24) is 10.2 Å². The van der Waals surface area contributed by atoms with E-state index < -0.39 is 11.6 Å². The van der Waals surface area contributed by atoms with Gasteiger partial charge in [0.05, 0.1) is 12.5 Å². The molecule has 2 N–H and O–H groups in total. The minimum absolute atomic E-state index is 0.0564. The minimum atomic E-state index is -1.20. The van der Waals surface area contributed by atoms with Crippen LogP contribution in [-0.4, -0.2) is 54.2 Å².